The molecule has 234 valence electrons. The first-order chi connectivity index (χ1) is 19.2. The van der Waals surface area contributed by atoms with Gasteiger partial charge in [-0.25, -0.2) is 4.57 Å². The average Bonchev–Trinajstić information content (AvgIpc) is 2.93. The van der Waals surface area contributed by atoms with Crippen LogP contribution >= 0.6 is 7.82 Å². The molecule has 0 aliphatic rings. The molecule has 3 atom stereocenters. The van der Waals surface area contributed by atoms with Gasteiger partial charge in [0.2, 0.25) is 0 Å². The normalized spacial score (nSPS) is 14.5. The number of esters is 2. The van der Waals surface area contributed by atoms with Crippen LogP contribution in [0.2, 0.25) is 0 Å². The third kappa shape index (κ3) is 25.4. The molecule has 0 aromatic heterocycles. The van der Waals surface area contributed by atoms with Crippen molar-refractivity contribution in [2.75, 3.05) is 26.4 Å². The van der Waals surface area contributed by atoms with Crippen LogP contribution in [0.1, 0.15) is 110 Å². The summed E-state index contributed by atoms with van der Waals surface area (Å²) in [7, 11) is -4.44. The number of ether oxygens (including phenoxy) is 2. The van der Waals surface area contributed by atoms with Crippen LogP contribution in [0.4, 0.5) is 0 Å². The van der Waals surface area contributed by atoms with Gasteiger partial charge in [-0.05, 0) is 18.9 Å². The molecule has 0 amide bonds. The van der Waals surface area contributed by atoms with Crippen molar-refractivity contribution in [3.63, 3.8) is 0 Å². The van der Waals surface area contributed by atoms with E-state index >= 15 is 0 Å². The van der Waals surface area contributed by atoms with E-state index in [0.717, 1.165) is 25.3 Å². The lowest BCUT2D eigenvalue weighted by Gasteiger charge is -2.20. The highest BCUT2D eigenvalue weighted by atomic mass is 31.2. The predicted molar refractivity (Wildman–Crippen MR) is 152 cm³/mol. The second-order valence-electron chi connectivity index (χ2n) is 9.80. The Hall–Kier alpha value is -1.62. The number of aldehydes is 1. The van der Waals surface area contributed by atoms with Gasteiger partial charge in [-0.15, -0.1) is 0 Å². The van der Waals surface area contributed by atoms with Crippen molar-refractivity contribution in [1.82, 2.24) is 0 Å². The van der Waals surface area contributed by atoms with Crippen molar-refractivity contribution >= 4 is 26.0 Å². The number of hydrogen-bond acceptors (Lipinski definition) is 10. The summed E-state index contributed by atoms with van der Waals surface area (Å²) < 4.78 is 31.8. The van der Waals surface area contributed by atoms with Gasteiger partial charge in [-0.1, -0.05) is 90.0 Å². The van der Waals surface area contributed by atoms with Gasteiger partial charge >= 0.3 is 19.8 Å². The largest absolute Gasteiger partial charge is 0.472 e. The maximum atomic E-state index is 12.2. The molecule has 4 N–H and O–H groups in total. The zero-order valence-electron chi connectivity index (χ0n) is 24.2. The molecule has 0 spiro atoms. The standard InChI is InChI=1S/C28H52NO10P/c1-2-3-4-5-6-7-8-9-10-11-12-13-14-17-27(32)36-23-26(24-38-40(34,35)37-22-20-29)39-28(33)19-18-25(31)16-15-21-30/h15-16,21,25-26,31H,2-14,17-20,22-24,29H2,1H3,(H,34,35)/b16-15+/t25?,26-/m1/s1. The molecule has 0 saturated heterocycles. The summed E-state index contributed by atoms with van der Waals surface area (Å²) in [5.41, 5.74) is 5.25. The van der Waals surface area contributed by atoms with Gasteiger partial charge in [-0.2, -0.15) is 0 Å². The zero-order valence-corrected chi connectivity index (χ0v) is 25.1. The summed E-state index contributed by atoms with van der Waals surface area (Å²) in [5, 5.41) is 9.71. The lowest BCUT2D eigenvalue weighted by molar-refractivity contribution is -0.161. The maximum Gasteiger partial charge on any atom is 0.472 e. The summed E-state index contributed by atoms with van der Waals surface area (Å²) in [5.74, 6) is -1.21. The SMILES string of the molecule is CCCCCCCCCCCCCCCC(=O)OC[C@H](COP(=O)(O)OCCN)OC(=O)CCC(O)/C=C/C=O. The monoisotopic (exact) mass is 593 g/mol. The summed E-state index contributed by atoms with van der Waals surface area (Å²) in [4.78, 5) is 44.4. The van der Waals surface area contributed by atoms with Gasteiger partial charge in [0.25, 0.3) is 0 Å². The van der Waals surface area contributed by atoms with E-state index in [2.05, 4.69) is 11.4 Å². The highest BCUT2D eigenvalue weighted by Crippen LogP contribution is 2.43. The number of rotatable bonds is 28. The number of aliphatic hydroxyl groups is 1. The fourth-order valence-corrected chi connectivity index (χ4v) is 4.59. The van der Waals surface area contributed by atoms with Crippen molar-refractivity contribution in [1.29, 1.82) is 0 Å². The van der Waals surface area contributed by atoms with Crippen molar-refractivity contribution < 1.29 is 47.5 Å². The van der Waals surface area contributed by atoms with Crippen molar-refractivity contribution in [2.45, 2.75) is 122 Å². The topological polar surface area (TPSA) is 172 Å². The van der Waals surface area contributed by atoms with Crippen molar-refractivity contribution in [3.8, 4) is 0 Å². The Balaban J connectivity index is 4.30. The van der Waals surface area contributed by atoms with E-state index in [0.29, 0.717) is 12.7 Å². The molecule has 11 nitrogen and oxygen atoms in total. The summed E-state index contributed by atoms with van der Waals surface area (Å²) >= 11 is 0. The van der Waals surface area contributed by atoms with E-state index in [1.54, 1.807) is 0 Å². The van der Waals surface area contributed by atoms with Crippen LogP contribution in [0.25, 0.3) is 0 Å². The molecule has 0 radical (unpaired) electrons. The van der Waals surface area contributed by atoms with E-state index in [9.17, 15) is 28.9 Å². The fourth-order valence-electron chi connectivity index (χ4n) is 3.82. The molecule has 0 aliphatic carbocycles. The molecule has 0 fully saturated rings. The minimum atomic E-state index is -4.44. The lowest BCUT2D eigenvalue weighted by Crippen LogP contribution is -2.30. The van der Waals surface area contributed by atoms with E-state index in [4.69, 9.17) is 19.7 Å². The summed E-state index contributed by atoms with van der Waals surface area (Å²) in [6.07, 6.45) is 16.2. The van der Waals surface area contributed by atoms with Crippen LogP contribution in [-0.4, -0.2) is 66.8 Å². The van der Waals surface area contributed by atoms with Gasteiger partial charge < -0.3 is 25.2 Å². The van der Waals surface area contributed by atoms with Gasteiger partial charge in [-0.3, -0.25) is 23.4 Å². The third-order valence-electron chi connectivity index (χ3n) is 6.06. The molecule has 0 bridgehead atoms. The Morgan fingerprint density at radius 3 is 1.98 bits per heavy atom. The first kappa shape index (κ1) is 38.4. The van der Waals surface area contributed by atoms with Crippen LogP contribution < -0.4 is 5.73 Å². The van der Waals surface area contributed by atoms with Gasteiger partial charge in [0, 0.05) is 19.4 Å². The number of nitrogens with two attached hydrogens (primary N) is 1. The molecule has 0 aliphatic heterocycles. The van der Waals surface area contributed by atoms with E-state index in [-0.39, 0.29) is 39.0 Å². The minimum Gasteiger partial charge on any atom is -0.462 e. The number of phosphoric acid groups is 1. The minimum absolute atomic E-state index is 0.00398. The number of hydrogen-bond donors (Lipinski definition) is 3. The summed E-state index contributed by atoms with van der Waals surface area (Å²) in [6.45, 7) is 1.10. The van der Waals surface area contributed by atoms with Gasteiger partial charge in [0.05, 0.1) is 19.3 Å². The first-order valence-electron chi connectivity index (χ1n) is 14.7. The number of unbranched alkanes of at least 4 members (excludes halogenated alkanes) is 12. The Morgan fingerprint density at radius 2 is 1.43 bits per heavy atom. The van der Waals surface area contributed by atoms with Crippen LogP contribution in [0, 0.1) is 0 Å². The number of aliphatic hydroxyl groups excluding tert-OH is 1. The smallest absolute Gasteiger partial charge is 0.462 e. The second kappa shape index (κ2) is 26.3. The molecule has 2 unspecified atom stereocenters. The molecule has 0 saturated carbocycles. The Kier molecular flexibility index (Phi) is 25.2. The molecular weight excluding hydrogens is 541 g/mol. The van der Waals surface area contributed by atoms with E-state index in [1.807, 2.05) is 0 Å². The fraction of sp³-hybridized carbons (Fsp3) is 0.821. The first-order valence-corrected chi connectivity index (χ1v) is 16.2. The molecule has 12 heteroatoms. The number of carbonyl (C=O) groups excluding carboxylic acids is 3. The van der Waals surface area contributed by atoms with Gasteiger partial charge in [0.1, 0.15) is 12.9 Å². The summed E-state index contributed by atoms with van der Waals surface area (Å²) in [6, 6.07) is 0. The molecular formula is C28H52NO10P. The number of allylic oxidation sites excluding steroid dienone is 1. The van der Waals surface area contributed by atoms with Crippen LogP contribution in [0.15, 0.2) is 12.2 Å². The maximum absolute atomic E-state index is 12.2. The van der Waals surface area contributed by atoms with Crippen LogP contribution in [-0.2, 0) is 37.5 Å². The molecule has 0 aromatic carbocycles. The Bertz CT molecular complexity index is 734. The highest BCUT2D eigenvalue weighted by Gasteiger charge is 2.26. The lowest BCUT2D eigenvalue weighted by atomic mass is 10.0. The predicted octanol–water partition coefficient (Wildman–Crippen LogP) is 4.91. The van der Waals surface area contributed by atoms with Crippen molar-refractivity contribution in [2.24, 2.45) is 5.73 Å². The average molecular weight is 594 g/mol. The second-order valence-corrected chi connectivity index (χ2v) is 11.3. The van der Waals surface area contributed by atoms with E-state index < -0.39 is 38.6 Å². The molecule has 0 rings (SSSR count). The van der Waals surface area contributed by atoms with Gasteiger partial charge in [0.15, 0.2) is 6.10 Å². The van der Waals surface area contributed by atoms with Crippen molar-refractivity contribution in [3.05, 3.63) is 12.2 Å². The third-order valence-corrected chi connectivity index (χ3v) is 7.05. The van der Waals surface area contributed by atoms with Crippen LogP contribution in [0.3, 0.4) is 0 Å². The van der Waals surface area contributed by atoms with Crippen LogP contribution in [0.5, 0.6) is 0 Å². The zero-order chi connectivity index (χ0) is 29.9. The quantitative estimate of drug-likeness (QED) is 0.0370. The molecule has 0 aromatic rings. The Morgan fingerprint density at radius 1 is 0.850 bits per heavy atom. The molecule has 40 heavy (non-hydrogen) atoms. The number of carbonyl (C=O) groups is 3. The molecule has 0 heterocycles. The Labute approximate surface area is 239 Å². The van der Waals surface area contributed by atoms with E-state index in [1.165, 1.54) is 63.9 Å². The highest BCUT2D eigenvalue weighted by molar-refractivity contribution is 7.47. The number of phosphoric ester groups is 1.